The molecule has 1 aromatic heterocycles. The number of rotatable bonds is 6. The maximum absolute atomic E-state index is 12.9. The molecule has 6 heteroatoms. The molecule has 2 aromatic carbocycles. The van der Waals surface area contributed by atoms with Gasteiger partial charge in [-0.3, -0.25) is 9.36 Å². The lowest BCUT2D eigenvalue weighted by molar-refractivity contribution is -0.128. The Hall–Kier alpha value is -2.73. The maximum atomic E-state index is 12.9. The molecule has 0 unspecified atom stereocenters. The normalized spacial score (nSPS) is 14.3. The van der Waals surface area contributed by atoms with Crippen molar-refractivity contribution in [2.24, 2.45) is 0 Å². The summed E-state index contributed by atoms with van der Waals surface area (Å²) in [5.74, 6) is 1.01. The molecule has 0 bridgehead atoms. The van der Waals surface area contributed by atoms with E-state index in [4.69, 9.17) is 0 Å². The highest BCUT2D eigenvalue weighted by molar-refractivity contribution is 7.99. The van der Waals surface area contributed by atoms with Gasteiger partial charge in [0.2, 0.25) is 5.91 Å². The van der Waals surface area contributed by atoms with Gasteiger partial charge in [-0.05, 0) is 42.2 Å². The summed E-state index contributed by atoms with van der Waals surface area (Å²) >= 11 is 1.52. The van der Waals surface area contributed by atoms with E-state index in [9.17, 15) is 4.79 Å². The number of hydrogen-bond acceptors (Lipinski definition) is 4. The molecular weight excluding hydrogens is 404 g/mol. The van der Waals surface area contributed by atoms with Crippen LogP contribution in [0.3, 0.4) is 0 Å². The van der Waals surface area contributed by atoms with E-state index in [2.05, 4.69) is 83.8 Å². The predicted octanol–water partition coefficient (Wildman–Crippen LogP) is 4.75. The van der Waals surface area contributed by atoms with E-state index >= 15 is 0 Å². The largest absolute Gasteiger partial charge is 0.368 e. The molecule has 0 atom stereocenters. The van der Waals surface area contributed by atoms with Crippen LogP contribution in [-0.4, -0.2) is 52.3 Å². The van der Waals surface area contributed by atoms with Crippen LogP contribution in [0.1, 0.15) is 30.9 Å². The Morgan fingerprint density at radius 2 is 1.84 bits per heavy atom. The topological polar surface area (TPSA) is 41.4 Å². The smallest absolute Gasteiger partial charge is 0.233 e. The zero-order chi connectivity index (χ0) is 21.8. The molecule has 5 nitrogen and oxygen atoms in total. The number of benzene rings is 2. The number of aryl methyl sites for hydroxylation is 1. The molecule has 3 aromatic rings. The van der Waals surface area contributed by atoms with Gasteiger partial charge in [0.15, 0.2) is 5.16 Å². The molecule has 1 aliphatic rings. The minimum Gasteiger partial charge on any atom is -0.368 e. The van der Waals surface area contributed by atoms with Crippen LogP contribution in [0.5, 0.6) is 0 Å². The second kappa shape index (κ2) is 9.60. The van der Waals surface area contributed by atoms with Gasteiger partial charge in [0.25, 0.3) is 0 Å². The molecule has 0 N–H and O–H groups in total. The van der Waals surface area contributed by atoms with Crippen molar-refractivity contribution in [3.05, 3.63) is 72.1 Å². The van der Waals surface area contributed by atoms with Crippen LogP contribution >= 0.6 is 11.8 Å². The fourth-order valence-electron chi connectivity index (χ4n) is 4.03. The van der Waals surface area contributed by atoms with Crippen molar-refractivity contribution >= 4 is 23.4 Å². The van der Waals surface area contributed by atoms with E-state index in [1.165, 1.54) is 28.6 Å². The first-order valence-electron chi connectivity index (χ1n) is 10.9. The molecule has 4 rings (SSSR count). The zero-order valence-electron chi connectivity index (χ0n) is 18.5. The summed E-state index contributed by atoms with van der Waals surface area (Å²) in [6, 6.07) is 17.0. The second-order valence-electron chi connectivity index (χ2n) is 8.29. The molecule has 162 valence electrons. The van der Waals surface area contributed by atoms with Gasteiger partial charge in [-0.15, -0.1) is 0 Å². The van der Waals surface area contributed by atoms with Crippen LogP contribution in [-0.2, 0) is 4.79 Å². The third-order valence-corrected chi connectivity index (χ3v) is 6.70. The third kappa shape index (κ3) is 4.96. The predicted molar refractivity (Wildman–Crippen MR) is 128 cm³/mol. The summed E-state index contributed by atoms with van der Waals surface area (Å²) < 4.78 is 2.10. The first-order valence-corrected chi connectivity index (χ1v) is 11.9. The Kier molecular flexibility index (Phi) is 6.66. The summed E-state index contributed by atoms with van der Waals surface area (Å²) in [4.78, 5) is 21.7. The van der Waals surface area contributed by atoms with Gasteiger partial charge in [-0.25, -0.2) is 4.98 Å². The summed E-state index contributed by atoms with van der Waals surface area (Å²) in [5, 5.41) is 0.861. The van der Waals surface area contributed by atoms with E-state index in [-0.39, 0.29) is 5.91 Å². The average molecular weight is 435 g/mol. The van der Waals surface area contributed by atoms with Gasteiger partial charge in [0.1, 0.15) is 0 Å². The summed E-state index contributed by atoms with van der Waals surface area (Å²) in [6.07, 6.45) is 3.79. The van der Waals surface area contributed by atoms with Crippen LogP contribution in [0, 0.1) is 6.92 Å². The van der Waals surface area contributed by atoms with Crippen LogP contribution in [0.15, 0.2) is 66.1 Å². The lowest BCUT2D eigenvalue weighted by Gasteiger charge is -2.36. The number of carbonyl (C=O) groups is 1. The van der Waals surface area contributed by atoms with Gasteiger partial charge < -0.3 is 9.80 Å². The quantitative estimate of drug-likeness (QED) is 0.525. The lowest BCUT2D eigenvalue weighted by Crippen LogP contribution is -2.49. The third-order valence-electron chi connectivity index (χ3n) is 5.75. The number of hydrogen-bond donors (Lipinski definition) is 0. The van der Waals surface area contributed by atoms with Gasteiger partial charge >= 0.3 is 0 Å². The zero-order valence-corrected chi connectivity index (χ0v) is 19.3. The van der Waals surface area contributed by atoms with Crippen molar-refractivity contribution in [1.82, 2.24) is 14.5 Å². The van der Waals surface area contributed by atoms with E-state index in [0.717, 1.165) is 37.0 Å². The molecule has 1 amide bonds. The monoisotopic (exact) mass is 434 g/mol. The van der Waals surface area contributed by atoms with Gasteiger partial charge in [-0.2, -0.15) is 0 Å². The summed E-state index contributed by atoms with van der Waals surface area (Å²) in [5.41, 5.74) is 4.92. The number of thioether (sulfide) groups is 1. The number of piperazine rings is 1. The van der Waals surface area contributed by atoms with Crippen molar-refractivity contribution in [2.75, 3.05) is 36.8 Å². The van der Waals surface area contributed by atoms with Crippen molar-refractivity contribution < 1.29 is 4.79 Å². The Morgan fingerprint density at radius 3 is 2.58 bits per heavy atom. The number of aromatic nitrogens is 2. The molecule has 0 saturated carbocycles. The number of anilines is 1. The molecule has 1 saturated heterocycles. The number of carbonyl (C=O) groups excluding carboxylic acids is 1. The average Bonchev–Trinajstić information content (AvgIpc) is 3.26. The van der Waals surface area contributed by atoms with Gasteiger partial charge in [0, 0.05) is 44.3 Å². The first kappa shape index (κ1) is 21.5. The highest BCUT2D eigenvalue weighted by Crippen LogP contribution is 2.27. The Labute approximate surface area is 189 Å². The number of imidazole rings is 1. The van der Waals surface area contributed by atoms with Crippen molar-refractivity contribution in [1.29, 1.82) is 0 Å². The maximum Gasteiger partial charge on any atom is 0.233 e. The number of amides is 1. The van der Waals surface area contributed by atoms with E-state index in [1.54, 1.807) is 0 Å². The summed E-state index contributed by atoms with van der Waals surface area (Å²) in [7, 11) is 0. The fourth-order valence-corrected chi connectivity index (χ4v) is 4.90. The fraction of sp³-hybridized carbons (Fsp3) is 0.360. The lowest BCUT2D eigenvalue weighted by atomic mass is 10.0. The minimum absolute atomic E-state index is 0.181. The highest BCUT2D eigenvalue weighted by Gasteiger charge is 2.22. The highest BCUT2D eigenvalue weighted by atomic mass is 32.2. The molecule has 1 fully saturated rings. The Bertz CT molecular complexity index is 1040. The Morgan fingerprint density at radius 1 is 1.06 bits per heavy atom. The van der Waals surface area contributed by atoms with Crippen molar-refractivity contribution in [3.63, 3.8) is 0 Å². The molecule has 0 spiro atoms. The van der Waals surface area contributed by atoms with Crippen molar-refractivity contribution in [3.8, 4) is 5.69 Å². The van der Waals surface area contributed by atoms with Gasteiger partial charge in [0.05, 0.1) is 11.4 Å². The van der Waals surface area contributed by atoms with E-state index in [1.807, 2.05) is 17.3 Å². The SMILES string of the molecule is Cc1cccc(N2CCN(C(=O)CSc3nccn3-c3ccccc3C(C)C)CC2)c1. The molecule has 2 heterocycles. The van der Waals surface area contributed by atoms with E-state index in [0.29, 0.717) is 11.7 Å². The van der Waals surface area contributed by atoms with E-state index < -0.39 is 0 Å². The van der Waals surface area contributed by atoms with Crippen LogP contribution in [0.4, 0.5) is 5.69 Å². The van der Waals surface area contributed by atoms with Crippen LogP contribution < -0.4 is 4.90 Å². The number of para-hydroxylation sites is 1. The van der Waals surface area contributed by atoms with Crippen LogP contribution in [0.25, 0.3) is 5.69 Å². The molecule has 0 aliphatic carbocycles. The number of nitrogens with zero attached hydrogens (tertiary/aromatic N) is 4. The molecular formula is C25H30N4OS. The molecule has 0 radical (unpaired) electrons. The Balaban J connectivity index is 1.36. The first-order chi connectivity index (χ1) is 15.0. The summed E-state index contributed by atoms with van der Waals surface area (Å²) in [6.45, 7) is 9.78. The standard InChI is InChI=1S/C25H30N4OS/c1-19(2)22-9-4-5-10-23(22)29-12-11-26-25(29)31-18-24(30)28-15-13-27(14-16-28)21-8-6-7-20(3)17-21/h4-12,17,19H,13-16,18H2,1-3H3. The molecule has 31 heavy (non-hydrogen) atoms. The van der Waals surface area contributed by atoms with Gasteiger partial charge in [-0.1, -0.05) is 55.9 Å². The minimum atomic E-state index is 0.181. The van der Waals surface area contributed by atoms with Crippen molar-refractivity contribution in [2.45, 2.75) is 31.8 Å². The molecule has 1 aliphatic heterocycles. The second-order valence-corrected chi connectivity index (χ2v) is 9.23. The van der Waals surface area contributed by atoms with Crippen LogP contribution in [0.2, 0.25) is 0 Å².